The lowest BCUT2D eigenvalue weighted by Crippen LogP contribution is -2.08. The molecule has 130 valence electrons. The summed E-state index contributed by atoms with van der Waals surface area (Å²) in [4.78, 5) is 4.56. The number of nitrogens with one attached hydrogen (secondary N) is 1. The van der Waals surface area contributed by atoms with Gasteiger partial charge in [-0.05, 0) is 54.3 Å². The van der Waals surface area contributed by atoms with E-state index in [1.54, 1.807) is 6.08 Å². The van der Waals surface area contributed by atoms with Crippen molar-refractivity contribution in [2.75, 3.05) is 5.32 Å². The fourth-order valence-electron chi connectivity index (χ4n) is 3.59. The van der Waals surface area contributed by atoms with E-state index in [1.165, 1.54) is 11.1 Å². The molecule has 1 aromatic heterocycles. The second kappa shape index (κ2) is 6.68. The van der Waals surface area contributed by atoms with Gasteiger partial charge >= 0.3 is 0 Å². The van der Waals surface area contributed by atoms with Crippen molar-refractivity contribution in [1.29, 1.82) is 0 Å². The molecule has 2 atom stereocenters. The maximum Gasteiger partial charge on any atom is 0.111 e. The minimum absolute atomic E-state index is 0.197. The van der Waals surface area contributed by atoms with E-state index in [1.807, 2.05) is 30.5 Å². The number of pyridine rings is 1. The Morgan fingerprint density at radius 3 is 2.77 bits per heavy atom. The molecule has 3 nitrogen and oxygen atoms in total. The van der Waals surface area contributed by atoms with Crippen LogP contribution < -0.4 is 5.32 Å². The average molecular weight is 342 g/mol. The van der Waals surface area contributed by atoms with E-state index >= 15 is 0 Å². The second-order valence-corrected chi connectivity index (χ2v) is 6.81. The molecule has 2 aromatic rings. The summed E-state index contributed by atoms with van der Waals surface area (Å²) in [6.07, 6.45) is 10.5. The van der Waals surface area contributed by atoms with Crippen molar-refractivity contribution in [2.45, 2.75) is 19.4 Å². The molecule has 2 aliphatic carbocycles. The number of hydrogen-bond acceptors (Lipinski definition) is 3. The number of aliphatic hydroxyl groups excluding tert-OH is 1. The number of rotatable bonds is 4. The minimum Gasteiger partial charge on any atom is -0.508 e. The smallest absolute Gasteiger partial charge is 0.111 e. The van der Waals surface area contributed by atoms with E-state index in [4.69, 9.17) is 0 Å². The number of aromatic nitrogens is 1. The predicted molar refractivity (Wildman–Crippen MR) is 108 cm³/mol. The maximum atomic E-state index is 9.57. The summed E-state index contributed by atoms with van der Waals surface area (Å²) < 4.78 is 0. The van der Waals surface area contributed by atoms with Gasteiger partial charge in [-0.3, -0.25) is 4.98 Å². The molecule has 0 bridgehead atoms. The van der Waals surface area contributed by atoms with Crippen LogP contribution in [0.5, 0.6) is 0 Å². The summed E-state index contributed by atoms with van der Waals surface area (Å²) in [7, 11) is 0. The largest absolute Gasteiger partial charge is 0.508 e. The highest BCUT2D eigenvalue weighted by Crippen LogP contribution is 2.42. The highest BCUT2D eigenvalue weighted by Gasteiger charge is 2.26. The molecule has 3 heteroatoms. The van der Waals surface area contributed by atoms with E-state index < -0.39 is 0 Å². The fourth-order valence-corrected chi connectivity index (χ4v) is 3.59. The number of anilines is 1. The number of nitrogens with zero attached hydrogens (tertiary/aromatic N) is 1. The molecule has 26 heavy (non-hydrogen) atoms. The van der Waals surface area contributed by atoms with Gasteiger partial charge in [0.05, 0.1) is 5.69 Å². The third-order valence-electron chi connectivity index (χ3n) is 5.08. The van der Waals surface area contributed by atoms with Gasteiger partial charge < -0.3 is 10.4 Å². The first-order valence-corrected chi connectivity index (χ1v) is 8.92. The highest BCUT2D eigenvalue weighted by molar-refractivity contribution is 5.96. The topological polar surface area (TPSA) is 45.1 Å². The Morgan fingerprint density at radius 1 is 1.23 bits per heavy atom. The monoisotopic (exact) mass is 342 g/mol. The van der Waals surface area contributed by atoms with Crippen LogP contribution in [0.3, 0.4) is 0 Å². The number of aliphatic hydroxyl groups is 1. The van der Waals surface area contributed by atoms with Crippen molar-refractivity contribution in [1.82, 2.24) is 4.98 Å². The molecule has 0 amide bonds. The van der Waals surface area contributed by atoms with Crippen LogP contribution in [-0.4, -0.2) is 10.1 Å². The molecule has 0 spiro atoms. The van der Waals surface area contributed by atoms with Crippen LogP contribution in [0.2, 0.25) is 0 Å². The first kappa shape index (κ1) is 16.4. The Bertz CT molecular complexity index is 938. The van der Waals surface area contributed by atoms with Crippen LogP contribution in [0.25, 0.3) is 11.6 Å². The Kier molecular flexibility index (Phi) is 4.21. The third-order valence-corrected chi connectivity index (χ3v) is 5.08. The zero-order chi connectivity index (χ0) is 18.1. The normalized spacial score (nSPS) is 19.6. The lowest BCUT2D eigenvalue weighted by Gasteiger charge is -2.17. The number of benzene rings is 1. The first-order chi connectivity index (χ1) is 12.6. The molecular weight excluding hydrogens is 320 g/mol. The summed E-state index contributed by atoms with van der Waals surface area (Å²) in [5, 5.41) is 13.2. The molecule has 4 rings (SSSR count). The SMILES string of the molecule is C=C1C(C2C=CC(O)=CC2)=Cc2c(N[C@H](C)c3ccccc3)ccnc21. The van der Waals surface area contributed by atoms with Crippen molar-refractivity contribution in [2.24, 2.45) is 5.92 Å². The molecule has 2 N–H and O–H groups in total. The average Bonchev–Trinajstić information content (AvgIpc) is 3.01. The van der Waals surface area contributed by atoms with Crippen LogP contribution in [0.1, 0.15) is 36.2 Å². The molecular formula is C23H22N2O. The molecule has 0 radical (unpaired) electrons. The second-order valence-electron chi connectivity index (χ2n) is 6.81. The van der Waals surface area contributed by atoms with E-state index in [-0.39, 0.29) is 12.0 Å². The zero-order valence-corrected chi connectivity index (χ0v) is 14.8. The van der Waals surface area contributed by atoms with Gasteiger partial charge in [0, 0.05) is 29.4 Å². The summed E-state index contributed by atoms with van der Waals surface area (Å²) in [5.41, 5.74) is 6.50. The van der Waals surface area contributed by atoms with Crippen LogP contribution in [0.4, 0.5) is 5.69 Å². The molecule has 1 heterocycles. The van der Waals surface area contributed by atoms with Gasteiger partial charge in [-0.1, -0.05) is 43.0 Å². The zero-order valence-electron chi connectivity index (χ0n) is 14.8. The van der Waals surface area contributed by atoms with Gasteiger partial charge in [0.15, 0.2) is 0 Å². The van der Waals surface area contributed by atoms with Gasteiger partial charge in [0.2, 0.25) is 0 Å². The van der Waals surface area contributed by atoms with E-state index in [0.717, 1.165) is 28.9 Å². The van der Waals surface area contributed by atoms with Crippen molar-refractivity contribution in [3.05, 3.63) is 95.6 Å². The Hall–Kier alpha value is -3.07. The van der Waals surface area contributed by atoms with Crippen LogP contribution in [0, 0.1) is 5.92 Å². The van der Waals surface area contributed by atoms with Crippen LogP contribution >= 0.6 is 0 Å². The van der Waals surface area contributed by atoms with Crippen LogP contribution in [0.15, 0.2) is 78.7 Å². The minimum atomic E-state index is 0.197. The van der Waals surface area contributed by atoms with Crippen molar-refractivity contribution >= 4 is 17.3 Å². The summed E-state index contributed by atoms with van der Waals surface area (Å²) in [5.74, 6) is 0.562. The quantitative estimate of drug-likeness (QED) is 0.751. The van der Waals surface area contributed by atoms with Crippen molar-refractivity contribution in [3.8, 4) is 0 Å². The van der Waals surface area contributed by atoms with Gasteiger partial charge in [0.25, 0.3) is 0 Å². The van der Waals surface area contributed by atoms with E-state index in [0.29, 0.717) is 5.76 Å². The molecule has 1 unspecified atom stereocenters. The summed E-state index contributed by atoms with van der Waals surface area (Å²) >= 11 is 0. The van der Waals surface area contributed by atoms with Gasteiger partial charge in [-0.15, -0.1) is 0 Å². The standard InChI is InChI=1S/C23H22N2O/c1-15-20(18-8-10-19(26)11-9-18)14-21-22(12-13-24-23(15)21)25-16(2)17-6-4-3-5-7-17/h3-8,10-14,16,18,26H,1,9H2,2H3,(H,24,25)/t16-,18?/m1/s1. The third kappa shape index (κ3) is 2.97. The molecule has 2 aliphatic rings. The Balaban J connectivity index is 1.63. The van der Waals surface area contributed by atoms with Gasteiger partial charge in [-0.25, -0.2) is 0 Å². The highest BCUT2D eigenvalue weighted by atomic mass is 16.3. The summed E-state index contributed by atoms with van der Waals surface area (Å²) in [6.45, 7) is 6.43. The Labute approximate surface area is 154 Å². The van der Waals surface area contributed by atoms with E-state index in [9.17, 15) is 5.11 Å². The first-order valence-electron chi connectivity index (χ1n) is 8.92. The number of hydrogen-bond donors (Lipinski definition) is 2. The Morgan fingerprint density at radius 2 is 2.04 bits per heavy atom. The van der Waals surface area contributed by atoms with Gasteiger partial charge in [-0.2, -0.15) is 0 Å². The summed E-state index contributed by atoms with van der Waals surface area (Å²) in [6, 6.07) is 12.6. The fraction of sp³-hybridized carbons (Fsp3) is 0.174. The molecule has 0 saturated heterocycles. The van der Waals surface area contributed by atoms with Crippen LogP contribution in [-0.2, 0) is 0 Å². The predicted octanol–water partition coefficient (Wildman–Crippen LogP) is 5.68. The molecule has 0 aliphatic heterocycles. The molecule has 1 aromatic carbocycles. The van der Waals surface area contributed by atoms with E-state index in [2.05, 4.69) is 54.1 Å². The van der Waals surface area contributed by atoms with Crippen molar-refractivity contribution < 1.29 is 5.11 Å². The van der Waals surface area contributed by atoms with Crippen molar-refractivity contribution in [3.63, 3.8) is 0 Å². The molecule has 0 saturated carbocycles. The molecule has 0 fully saturated rings. The maximum absolute atomic E-state index is 9.57. The van der Waals surface area contributed by atoms with Gasteiger partial charge in [0.1, 0.15) is 5.76 Å². The lowest BCUT2D eigenvalue weighted by molar-refractivity contribution is 0.424. The number of allylic oxidation sites excluding steroid dienone is 5. The number of fused-ring (bicyclic) bond motifs is 1. The lowest BCUT2D eigenvalue weighted by atomic mass is 9.89.